The second-order valence-corrected chi connectivity index (χ2v) is 6.66. The Hall–Kier alpha value is -1.95. The Morgan fingerprint density at radius 1 is 1.12 bits per heavy atom. The molecule has 2 saturated carbocycles. The summed E-state index contributed by atoms with van der Waals surface area (Å²) in [5.41, 5.74) is 7.05. The molecule has 2 fully saturated rings. The first kappa shape index (κ1) is 16.9. The molecule has 4 atom stereocenters. The van der Waals surface area contributed by atoms with E-state index in [2.05, 4.69) is 5.32 Å². The van der Waals surface area contributed by atoms with Gasteiger partial charge in [0.25, 0.3) is 0 Å². The number of hydrogen-bond donors (Lipinski definition) is 2. The highest BCUT2D eigenvalue weighted by atomic mass is 16.5. The highest BCUT2D eigenvalue weighted by molar-refractivity contribution is 5.80. The number of carbonyl (C=O) groups is 1. The molecule has 0 radical (unpaired) electrons. The number of amides is 1. The van der Waals surface area contributed by atoms with Gasteiger partial charge in [0.05, 0.1) is 39.4 Å². The van der Waals surface area contributed by atoms with Crippen LogP contribution < -0.4 is 25.3 Å². The van der Waals surface area contributed by atoms with Crippen LogP contribution in [0.3, 0.4) is 0 Å². The zero-order valence-electron chi connectivity index (χ0n) is 14.5. The molecular formula is C18H26N2O4. The Balaban J connectivity index is 1.73. The minimum absolute atomic E-state index is 0.0107. The predicted molar refractivity (Wildman–Crippen MR) is 90.2 cm³/mol. The summed E-state index contributed by atoms with van der Waals surface area (Å²) in [6, 6.07) is 3.56. The fraction of sp³-hybridized carbons (Fsp3) is 0.611. The molecule has 0 saturated heterocycles. The van der Waals surface area contributed by atoms with Gasteiger partial charge in [-0.05, 0) is 31.1 Å². The summed E-state index contributed by atoms with van der Waals surface area (Å²) in [5, 5.41) is 3.02. The van der Waals surface area contributed by atoms with Gasteiger partial charge in [0.2, 0.25) is 5.91 Å². The third kappa shape index (κ3) is 2.90. The number of hydrogen-bond acceptors (Lipinski definition) is 5. The summed E-state index contributed by atoms with van der Waals surface area (Å²) in [6.45, 7) is 0.343. The molecule has 1 aromatic rings. The van der Waals surface area contributed by atoms with Gasteiger partial charge in [-0.3, -0.25) is 4.79 Å². The van der Waals surface area contributed by atoms with Crippen LogP contribution in [0.2, 0.25) is 0 Å². The van der Waals surface area contributed by atoms with Crippen LogP contribution in [0, 0.1) is 17.8 Å². The molecule has 2 aliphatic carbocycles. The number of benzene rings is 1. The quantitative estimate of drug-likeness (QED) is 0.827. The monoisotopic (exact) mass is 334 g/mol. The largest absolute Gasteiger partial charge is 0.496 e. The summed E-state index contributed by atoms with van der Waals surface area (Å²) in [4.78, 5) is 12.6. The molecule has 2 bridgehead atoms. The van der Waals surface area contributed by atoms with Crippen LogP contribution in [0.4, 0.5) is 0 Å². The maximum absolute atomic E-state index is 12.6. The molecule has 0 spiro atoms. The van der Waals surface area contributed by atoms with Crippen molar-refractivity contribution in [3.63, 3.8) is 0 Å². The Morgan fingerprint density at radius 3 is 2.25 bits per heavy atom. The second kappa shape index (κ2) is 6.89. The number of fused-ring (bicyclic) bond motifs is 2. The topological polar surface area (TPSA) is 82.8 Å². The van der Waals surface area contributed by atoms with Crippen molar-refractivity contribution in [3.05, 3.63) is 17.7 Å². The van der Waals surface area contributed by atoms with Crippen LogP contribution in [-0.4, -0.2) is 33.3 Å². The number of carbonyl (C=O) groups excluding carboxylic acids is 1. The van der Waals surface area contributed by atoms with Gasteiger partial charge < -0.3 is 25.3 Å². The predicted octanol–water partition coefficient (Wildman–Crippen LogP) is 1.70. The number of nitrogens with two attached hydrogens (primary N) is 1. The normalized spacial score (nSPS) is 27.8. The standard InChI is InChI=1S/C18H26N2O4/c1-22-12-7-14(23-2)13(15(8-12)24-3)9-20-18(21)16-10-4-5-11(6-10)17(16)19/h7-8,10-11,16-17H,4-6,9,19H2,1-3H3,(H,20,21). The lowest BCUT2D eigenvalue weighted by atomic mass is 9.84. The minimum Gasteiger partial charge on any atom is -0.496 e. The van der Waals surface area contributed by atoms with Crippen LogP contribution in [0.1, 0.15) is 24.8 Å². The number of methoxy groups -OCH3 is 3. The van der Waals surface area contributed by atoms with Crippen molar-refractivity contribution in [3.8, 4) is 17.2 Å². The molecule has 0 heterocycles. The lowest BCUT2D eigenvalue weighted by molar-refractivity contribution is -0.127. The van der Waals surface area contributed by atoms with E-state index in [9.17, 15) is 4.79 Å². The summed E-state index contributed by atoms with van der Waals surface area (Å²) < 4.78 is 16.1. The fourth-order valence-corrected chi connectivity index (χ4v) is 4.27. The van der Waals surface area contributed by atoms with E-state index >= 15 is 0 Å². The molecule has 1 aromatic carbocycles. The van der Waals surface area contributed by atoms with E-state index in [-0.39, 0.29) is 17.9 Å². The lowest BCUT2D eigenvalue weighted by Crippen LogP contribution is -2.45. The highest BCUT2D eigenvalue weighted by Gasteiger charge is 2.48. The minimum atomic E-state index is -0.0704. The van der Waals surface area contributed by atoms with Gasteiger partial charge in [0.15, 0.2) is 0 Å². The van der Waals surface area contributed by atoms with Crippen molar-refractivity contribution < 1.29 is 19.0 Å². The zero-order chi connectivity index (χ0) is 17.3. The van der Waals surface area contributed by atoms with Gasteiger partial charge in [0.1, 0.15) is 17.2 Å². The van der Waals surface area contributed by atoms with Crippen LogP contribution in [0.25, 0.3) is 0 Å². The highest BCUT2D eigenvalue weighted by Crippen LogP contribution is 2.47. The third-order valence-corrected chi connectivity index (χ3v) is 5.54. The van der Waals surface area contributed by atoms with Crippen molar-refractivity contribution in [1.82, 2.24) is 5.32 Å². The molecule has 132 valence electrons. The summed E-state index contributed by atoms with van der Waals surface area (Å²) in [6.07, 6.45) is 3.37. The summed E-state index contributed by atoms with van der Waals surface area (Å²) in [7, 11) is 4.77. The number of ether oxygens (including phenoxy) is 3. The van der Waals surface area contributed by atoms with Crippen molar-refractivity contribution in [2.24, 2.45) is 23.5 Å². The molecule has 2 aliphatic rings. The van der Waals surface area contributed by atoms with Crippen LogP contribution >= 0.6 is 0 Å². The Morgan fingerprint density at radius 2 is 1.75 bits per heavy atom. The first-order chi connectivity index (χ1) is 11.6. The van der Waals surface area contributed by atoms with E-state index < -0.39 is 0 Å². The molecule has 0 aliphatic heterocycles. The van der Waals surface area contributed by atoms with Gasteiger partial charge in [-0.25, -0.2) is 0 Å². The SMILES string of the molecule is COc1cc(OC)c(CNC(=O)C2C3CCC(C3)C2N)c(OC)c1. The Labute approximate surface area is 142 Å². The Bertz CT molecular complexity index is 592. The van der Waals surface area contributed by atoms with Crippen LogP contribution in [0.5, 0.6) is 17.2 Å². The van der Waals surface area contributed by atoms with E-state index in [4.69, 9.17) is 19.9 Å². The van der Waals surface area contributed by atoms with Crippen LogP contribution in [-0.2, 0) is 11.3 Å². The van der Waals surface area contributed by atoms with Gasteiger partial charge in [-0.1, -0.05) is 0 Å². The molecular weight excluding hydrogens is 308 g/mol. The molecule has 0 aromatic heterocycles. The first-order valence-electron chi connectivity index (χ1n) is 8.41. The van der Waals surface area contributed by atoms with E-state index in [1.54, 1.807) is 33.5 Å². The molecule has 24 heavy (non-hydrogen) atoms. The van der Waals surface area contributed by atoms with E-state index in [0.29, 0.717) is 35.6 Å². The first-order valence-corrected chi connectivity index (χ1v) is 8.41. The second-order valence-electron chi connectivity index (χ2n) is 6.66. The maximum Gasteiger partial charge on any atom is 0.225 e. The van der Waals surface area contributed by atoms with E-state index in [0.717, 1.165) is 24.8 Å². The van der Waals surface area contributed by atoms with Gasteiger partial charge >= 0.3 is 0 Å². The summed E-state index contributed by atoms with van der Waals surface area (Å²) in [5.74, 6) is 2.82. The molecule has 3 N–H and O–H groups in total. The lowest BCUT2D eigenvalue weighted by Gasteiger charge is -2.27. The number of nitrogens with one attached hydrogen (secondary N) is 1. The fourth-order valence-electron chi connectivity index (χ4n) is 4.27. The van der Waals surface area contributed by atoms with Gasteiger partial charge in [-0.15, -0.1) is 0 Å². The zero-order valence-corrected chi connectivity index (χ0v) is 14.5. The van der Waals surface area contributed by atoms with Crippen molar-refractivity contribution in [2.75, 3.05) is 21.3 Å². The molecule has 1 amide bonds. The van der Waals surface area contributed by atoms with Crippen LogP contribution in [0.15, 0.2) is 12.1 Å². The van der Waals surface area contributed by atoms with E-state index in [1.165, 1.54) is 0 Å². The summed E-state index contributed by atoms with van der Waals surface area (Å²) >= 11 is 0. The van der Waals surface area contributed by atoms with Crippen molar-refractivity contribution in [1.29, 1.82) is 0 Å². The molecule has 6 nitrogen and oxygen atoms in total. The molecule has 3 rings (SSSR count). The van der Waals surface area contributed by atoms with Crippen molar-refractivity contribution >= 4 is 5.91 Å². The van der Waals surface area contributed by atoms with Crippen molar-refractivity contribution in [2.45, 2.75) is 31.8 Å². The third-order valence-electron chi connectivity index (χ3n) is 5.54. The molecule has 6 heteroatoms. The number of rotatable bonds is 6. The van der Waals surface area contributed by atoms with Gasteiger partial charge in [0, 0.05) is 18.2 Å². The molecule has 4 unspecified atom stereocenters. The Kier molecular flexibility index (Phi) is 4.85. The average molecular weight is 334 g/mol. The van der Waals surface area contributed by atoms with Gasteiger partial charge in [-0.2, -0.15) is 0 Å². The maximum atomic E-state index is 12.6. The smallest absolute Gasteiger partial charge is 0.225 e. The van der Waals surface area contributed by atoms with E-state index in [1.807, 2.05) is 0 Å². The average Bonchev–Trinajstić information content (AvgIpc) is 3.19.